The van der Waals surface area contributed by atoms with Crippen molar-refractivity contribution in [3.8, 4) is 5.75 Å². The molecule has 1 unspecified atom stereocenters. The van der Waals surface area contributed by atoms with Crippen LogP contribution in [0.4, 0.5) is 10.8 Å². The summed E-state index contributed by atoms with van der Waals surface area (Å²) in [6, 6.07) is 0.520. The molecule has 18 heavy (non-hydrogen) atoms. The van der Waals surface area contributed by atoms with E-state index in [2.05, 4.69) is 14.6 Å². The van der Waals surface area contributed by atoms with Crippen LogP contribution >= 0.6 is 11.5 Å². The summed E-state index contributed by atoms with van der Waals surface area (Å²) in [5.41, 5.74) is 5.83. The number of fused-ring (bicyclic) bond motifs is 3. The summed E-state index contributed by atoms with van der Waals surface area (Å²) in [5.74, 6) is 2.03. The quantitative estimate of drug-likeness (QED) is 0.869. The van der Waals surface area contributed by atoms with Crippen LogP contribution in [0.2, 0.25) is 0 Å². The average Bonchev–Trinajstić information content (AvgIpc) is 2.74. The molecule has 4 heterocycles. The fourth-order valence-corrected chi connectivity index (χ4v) is 3.69. The Morgan fingerprint density at radius 3 is 2.89 bits per heavy atom. The number of nitrogens with zero attached hydrogens (tertiary/aromatic N) is 2. The van der Waals surface area contributed by atoms with Gasteiger partial charge < -0.3 is 20.7 Å². The second-order valence-electron chi connectivity index (χ2n) is 5.05. The third kappa shape index (κ3) is 2.14. The van der Waals surface area contributed by atoms with Crippen molar-refractivity contribution in [3.63, 3.8) is 0 Å². The molecule has 4 rings (SSSR count). The van der Waals surface area contributed by atoms with Crippen LogP contribution in [0.5, 0.6) is 5.75 Å². The third-order valence-corrected chi connectivity index (χ3v) is 4.71. The molecule has 3 N–H and O–H groups in total. The number of nitrogens with one attached hydrogen (secondary N) is 1. The lowest BCUT2D eigenvalue weighted by Crippen LogP contribution is -2.53. The molecule has 3 fully saturated rings. The van der Waals surface area contributed by atoms with Crippen LogP contribution in [0.15, 0.2) is 0 Å². The molecule has 1 atom stereocenters. The highest BCUT2D eigenvalue weighted by molar-refractivity contribution is 7.11. The summed E-state index contributed by atoms with van der Waals surface area (Å²) in [6.07, 6.45) is 2.60. The summed E-state index contributed by atoms with van der Waals surface area (Å²) in [6.45, 7) is 6.23. The van der Waals surface area contributed by atoms with Crippen molar-refractivity contribution in [3.05, 3.63) is 0 Å². The summed E-state index contributed by atoms with van der Waals surface area (Å²) in [4.78, 5) is 2.53. The second-order valence-corrected chi connectivity index (χ2v) is 5.82. The number of nitrogens with two attached hydrogens (primary N) is 1. The zero-order valence-corrected chi connectivity index (χ0v) is 11.5. The topological polar surface area (TPSA) is 63.4 Å². The molecule has 0 spiro atoms. The van der Waals surface area contributed by atoms with Crippen LogP contribution in [-0.2, 0) is 0 Å². The Bertz CT molecular complexity index is 414. The van der Waals surface area contributed by atoms with Gasteiger partial charge in [-0.15, -0.1) is 0 Å². The molecule has 0 aromatic carbocycles. The van der Waals surface area contributed by atoms with Crippen molar-refractivity contribution >= 4 is 22.4 Å². The van der Waals surface area contributed by atoms with Gasteiger partial charge in [0.1, 0.15) is 0 Å². The minimum atomic E-state index is 0.505. The van der Waals surface area contributed by atoms with E-state index in [1.807, 2.05) is 6.92 Å². The molecule has 0 aliphatic carbocycles. The maximum Gasteiger partial charge on any atom is 0.197 e. The Hall–Kier alpha value is -1.01. The third-order valence-electron chi connectivity index (χ3n) is 3.94. The smallest absolute Gasteiger partial charge is 0.197 e. The maximum absolute atomic E-state index is 5.83. The van der Waals surface area contributed by atoms with Crippen LogP contribution < -0.4 is 15.8 Å². The first-order valence-electron chi connectivity index (χ1n) is 6.64. The molecular formula is C12H20N4OS. The SMILES string of the molecule is CCOc1c(N)nsc1NC1CN2CCC1CC2. The number of nitrogen functional groups attached to an aromatic ring is 1. The fourth-order valence-electron chi connectivity index (χ4n) is 2.97. The van der Waals surface area contributed by atoms with E-state index in [4.69, 9.17) is 10.5 Å². The normalized spacial score (nSPS) is 30.4. The summed E-state index contributed by atoms with van der Waals surface area (Å²) in [7, 11) is 0. The summed E-state index contributed by atoms with van der Waals surface area (Å²) >= 11 is 1.41. The Kier molecular flexibility index (Phi) is 3.30. The number of hydrogen-bond donors (Lipinski definition) is 2. The lowest BCUT2D eigenvalue weighted by Gasteiger charge is -2.45. The van der Waals surface area contributed by atoms with E-state index in [-0.39, 0.29) is 0 Å². The van der Waals surface area contributed by atoms with E-state index in [0.29, 0.717) is 18.5 Å². The number of anilines is 2. The van der Waals surface area contributed by atoms with Gasteiger partial charge in [-0.25, -0.2) is 0 Å². The standard InChI is InChI=1S/C12H20N4OS/c1-2-17-10-11(13)15-18-12(10)14-9-7-16-5-3-8(9)4-6-16/h8-9,14H,2-7H2,1H3,(H2,13,15). The monoisotopic (exact) mass is 268 g/mol. The van der Waals surface area contributed by atoms with Crippen molar-refractivity contribution in [1.82, 2.24) is 9.27 Å². The Morgan fingerprint density at radius 1 is 1.50 bits per heavy atom. The van der Waals surface area contributed by atoms with Gasteiger partial charge in [0, 0.05) is 12.6 Å². The molecule has 5 nitrogen and oxygen atoms in total. The molecular weight excluding hydrogens is 248 g/mol. The Morgan fingerprint density at radius 2 is 2.28 bits per heavy atom. The zero-order valence-electron chi connectivity index (χ0n) is 10.7. The van der Waals surface area contributed by atoms with Crippen LogP contribution in [-0.4, -0.2) is 41.6 Å². The number of piperidine rings is 3. The number of aromatic nitrogens is 1. The van der Waals surface area contributed by atoms with Crippen LogP contribution in [0.25, 0.3) is 0 Å². The molecule has 2 bridgehead atoms. The molecule has 3 aliphatic rings. The highest BCUT2D eigenvalue weighted by Crippen LogP contribution is 2.38. The number of ether oxygens (including phenoxy) is 1. The highest BCUT2D eigenvalue weighted by atomic mass is 32.1. The highest BCUT2D eigenvalue weighted by Gasteiger charge is 2.34. The minimum absolute atomic E-state index is 0.505. The first-order valence-corrected chi connectivity index (χ1v) is 7.42. The number of rotatable bonds is 4. The molecule has 3 aliphatic heterocycles. The van der Waals surface area contributed by atoms with Crippen molar-refractivity contribution in [1.29, 1.82) is 0 Å². The molecule has 1 aromatic rings. The lowest BCUT2D eigenvalue weighted by molar-refractivity contribution is 0.0975. The van der Waals surface area contributed by atoms with E-state index in [1.165, 1.54) is 37.5 Å². The maximum atomic E-state index is 5.83. The first kappa shape index (κ1) is 12.0. The van der Waals surface area contributed by atoms with E-state index >= 15 is 0 Å². The van der Waals surface area contributed by atoms with Crippen molar-refractivity contribution in [2.75, 3.05) is 37.3 Å². The van der Waals surface area contributed by atoms with E-state index < -0.39 is 0 Å². The minimum Gasteiger partial charge on any atom is -0.487 e. The molecule has 1 aromatic heterocycles. The zero-order chi connectivity index (χ0) is 12.5. The van der Waals surface area contributed by atoms with Gasteiger partial charge in [-0.1, -0.05) is 0 Å². The van der Waals surface area contributed by atoms with E-state index in [1.54, 1.807) is 0 Å². The summed E-state index contributed by atoms with van der Waals surface area (Å²) < 4.78 is 9.76. The van der Waals surface area contributed by atoms with Crippen LogP contribution in [0.1, 0.15) is 19.8 Å². The van der Waals surface area contributed by atoms with Gasteiger partial charge in [-0.05, 0) is 50.3 Å². The molecule has 3 saturated heterocycles. The van der Waals surface area contributed by atoms with E-state index in [0.717, 1.165) is 23.2 Å². The molecule has 6 heteroatoms. The van der Waals surface area contributed by atoms with E-state index in [9.17, 15) is 0 Å². The molecule has 0 amide bonds. The lowest BCUT2D eigenvalue weighted by atomic mass is 9.84. The van der Waals surface area contributed by atoms with Gasteiger partial charge in [0.2, 0.25) is 0 Å². The average molecular weight is 268 g/mol. The summed E-state index contributed by atoms with van der Waals surface area (Å²) in [5, 5.41) is 4.59. The Balaban J connectivity index is 1.72. The van der Waals surface area contributed by atoms with Crippen LogP contribution in [0, 0.1) is 5.92 Å². The van der Waals surface area contributed by atoms with Crippen LogP contribution in [0.3, 0.4) is 0 Å². The van der Waals surface area contributed by atoms with Crippen molar-refractivity contribution in [2.24, 2.45) is 5.92 Å². The molecule has 0 saturated carbocycles. The largest absolute Gasteiger partial charge is 0.487 e. The number of hydrogen-bond acceptors (Lipinski definition) is 6. The Labute approximate surface area is 111 Å². The fraction of sp³-hybridized carbons (Fsp3) is 0.750. The van der Waals surface area contributed by atoms with Gasteiger partial charge in [0.05, 0.1) is 6.61 Å². The van der Waals surface area contributed by atoms with Gasteiger partial charge in [-0.3, -0.25) is 0 Å². The van der Waals surface area contributed by atoms with Crippen molar-refractivity contribution in [2.45, 2.75) is 25.8 Å². The predicted octanol–water partition coefficient (Wildman–Crippen LogP) is 1.63. The predicted molar refractivity (Wildman–Crippen MR) is 74.3 cm³/mol. The second kappa shape index (κ2) is 4.93. The van der Waals surface area contributed by atoms with Gasteiger partial charge >= 0.3 is 0 Å². The first-order chi connectivity index (χ1) is 8.78. The molecule has 0 radical (unpaired) electrons. The van der Waals surface area contributed by atoms with Gasteiger partial charge in [0.15, 0.2) is 16.6 Å². The van der Waals surface area contributed by atoms with Gasteiger partial charge in [0.25, 0.3) is 0 Å². The molecule has 100 valence electrons. The van der Waals surface area contributed by atoms with Gasteiger partial charge in [-0.2, -0.15) is 4.37 Å². The van der Waals surface area contributed by atoms with Crippen molar-refractivity contribution < 1.29 is 4.74 Å².